The molecule has 0 spiro atoms. The van der Waals surface area contributed by atoms with Crippen LogP contribution in [0.5, 0.6) is 5.75 Å². The molecule has 0 saturated carbocycles. The lowest BCUT2D eigenvalue weighted by molar-refractivity contribution is -0.132. The van der Waals surface area contributed by atoms with Crippen molar-refractivity contribution in [2.75, 3.05) is 6.61 Å². The van der Waals surface area contributed by atoms with Crippen LogP contribution in [0.25, 0.3) is 11.6 Å². The van der Waals surface area contributed by atoms with Crippen LogP contribution in [0, 0.1) is 0 Å². The summed E-state index contributed by atoms with van der Waals surface area (Å²) in [5.41, 5.74) is 5.70. The third kappa shape index (κ3) is 5.04. The minimum atomic E-state index is -0.940. The van der Waals surface area contributed by atoms with E-state index in [0.29, 0.717) is 17.9 Å². The molecule has 1 aliphatic rings. The van der Waals surface area contributed by atoms with Crippen LogP contribution in [0.1, 0.15) is 36.5 Å². The van der Waals surface area contributed by atoms with Gasteiger partial charge in [0.1, 0.15) is 12.4 Å². The van der Waals surface area contributed by atoms with Gasteiger partial charge in [-0.15, -0.1) is 0 Å². The van der Waals surface area contributed by atoms with Gasteiger partial charge in [0, 0.05) is 29.7 Å². The van der Waals surface area contributed by atoms with Crippen LogP contribution in [0.2, 0.25) is 0 Å². The predicted molar refractivity (Wildman–Crippen MR) is 130 cm³/mol. The Morgan fingerprint density at radius 2 is 1.79 bits per heavy atom. The van der Waals surface area contributed by atoms with Gasteiger partial charge in [-0.1, -0.05) is 54.6 Å². The molecule has 0 aliphatic carbocycles. The van der Waals surface area contributed by atoms with Gasteiger partial charge >= 0.3 is 5.97 Å². The molecule has 2 heterocycles. The first-order valence-electron chi connectivity index (χ1n) is 10.8. The fourth-order valence-electron chi connectivity index (χ4n) is 4.16. The van der Waals surface area contributed by atoms with E-state index in [-0.39, 0.29) is 0 Å². The molecule has 0 fully saturated rings. The molecule has 0 amide bonds. The molecule has 3 aromatic rings. The molecule has 2 N–H and O–H groups in total. The molecular weight excluding hydrogens is 412 g/mol. The van der Waals surface area contributed by atoms with Gasteiger partial charge in [0.2, 0.25) is 0 Å². The van der Waals surface area contributed by atoms with Crippen LogP contribution in [-0.4, -0.2) is 22.7 Å². The number of carbonyl (C=O) groups is 1. The van der Waals surface area contributed by atoms with Crippen LogP contribution in [-0.2, 0) is 4.79 Å². The Labute approximate surface area is 193 Å². The highest BCUT2D eigenvalue weighted by Crippen LogP contribution is 2.43. The van der Waals surface area contributed by atoms with Gasteiger partial charge in [0.25, 0.3) is 0 Å². The number of benzene rings is 2. The lowest BCUT2D eigenvalue weighted by atomic mass is 9.78. The SMILES string of the molecule is CC1=C(C(=O)O)C(c2ccc(OCC=Cc3ccccc3)cc2)C(c2cccnc2)=C(C)N1. The number of nitrogens with zero attached hydrogens (tertiary/aromatic N) is 1. The molecule has 1 unspecified atom stereocenters. The molecule has 1 aliphatic heterocycles. The Kier molecular flexibility index (Phi) is 6.69. The van der Waals surface area contributed by atoms with E-state index in [0.717, 1.165) is 33.7 Å². The highest BCUT2D eigenvalue weighted by molar-refractivity contribution is 5.96. The Morgan fingerprint density at radius 1 is 1.03 bits per heavy atom. The van der Waals surface area contributed by atoms with Gasteiger partial charge < -0.3 is 15.2 Å². The first kappa shape index (κ1) is 22.1. The summed E-state index contributed by atoms with van der Waals surface area (Å²) in [5.74, 6) is -0.628. The van der Waals surface area contributed by atoms with Crippen molar-refractivity contribution >= 4 is 17.6 Å². The topological polar surface area (TPSA) is 71.5 Å². The van der Waals surface area contributed by atoms with Crippen LogP contribution >= 0.6 is 0 Å². The number of hydrogen-bond donors (Lipinski definition) is 2. The highest BCUT2D eigenvalue weighted by atomic mass is 16.5. The van der Waals surface area contributed by atoms with Crippen LogP contribution in [0.4, 0.5) is 0 Å². The van der Waals surface area contributed by atoms with Gasteiger partial charge in [0.05, 0.1) is 5.57 Å². The van der Waals surface area contributed by atoms with E-state index >= 15 is 0 Å². The average Bonchev–Trinajstić information content (AvgIpc) is 2.83. The number of carboxylic acids is 1. The van der Waals surface area contributed by atoms with E-state index < -0.39 is 11.9 Å². The maximum atomic E-state index is 12.2. The number of dihydropyridines is 1. The first-order valence-corrected chi connectivity index (χ1v) is 10.8. The Morgan fingerprint density at radius 3 is 2.45 bits per heavy atom. The van der Waals surface area contributed by atoms with E-state index in [9.17, 15) is 9.90 Å². The fraction of sp³-hybridized carbons (Fsp3) is 0.143. The van der Waals surface area contributed by atoms with Crippen LogP contribution < -0.4 is 10.1 Å². The van der Waals surface area contributed by atoms with Crippen molar-refractivity contribution in [3.05, 3.63) is 119 Å². The van der Waals surface area contributed by atoms with Crippen molar-refractivity contribution < 1.29 is 14.6 Å². The second-order valence-electron chi connectivity index (χ2n) is 7.88. The van der Waals surface area contributed by atoms with Crippen molar-refractivity contribution in [3.63, 3.8) is 0 Å². The van der Waals surface area contributed by atoms with Crippen molar-refractivity contribution in [2.24, 2.45) is 0 Å². The third-order valence-corrected chi connectivity index (χ3v) is 5.63. The summed E-state index contributed by atoms with van der Waals surface area (Å²) in [5, 5.41) is 13.3. The summed E-state index contributed by atoms with van der Waals surface area (Å²) in [6.07, 6.45) is 7.47. The smallest absolute Gasteiger partial charge is 0.334 e. The summed E-state index contributed by atoms with van der Waals surface area (Å²) in [4.78, 5) is 16.5. The maximum Gasteiger partial charge on any atom is 0.334 e. The number of aromatic nitrogens is 1. The van der Waals surface area contributed by atoms with Gasteiger partial charge in [-0.3, -0.25) is 4.98 Å². The predicted octanol–water partition coefficient (Wildman–Crippen LogP) is 5.65. The lowest BCUT2D eigenvalue weighted by Crippen LogP contribution is -2.27. The second-order valence-corrected chi connectivity index (χ2v) is 7.88. The van der Waals surface area contributed by atoms with Gasteiger partial charge in [-0.05, 0) is 60.4 Å². The third-order valence-electron chi connectivity index (χ3n) is 5.63. The normalized spacial score (nSPS) is 16.1. The fourth-order valence-corrected chi connectivity index (χ4v) is 4.16. The van der Waals surface area contributed by atoms with Gasteiger partial charge in [-0.2, -0.15) is 0 Å². The van der Waals surface area contributed by atoms with Crippen molar-refractivity contribution in [1.82, 2.24) is 10.3 Å². The summed E-state index contributed by atoms with van der Waals surface area (Å²) in [6.45, 7) is 4.21. The van der Waals surface area contributed by atoms with E-state index in [1.54, 1.807) is 19.3 Å². The van der Waals surface area contributed by atoms with E-state index in [2.05, 4.69) is 10.3 Å². The van der Waals surface area contributed by atoms with E-state index in [4.69, 9.17) is 4.74 Å². The molecule has 0 bridgehead atoms. The molecule has 166 valence electrons. The lowest BCUT2D eigenvalue weighted by Gasteiger charge is -2.31. The first-order chi connectivity index (χ1) is 16.0. The number of aliphatic carboxylic acids is 1. The largest absolute Gasteiger partial charge is 0.490 e. The number of ether oxygens (including phenoxy) is 1. The molecule has 1 aromatic heterocycles. The standard InChI is InChI=1S/C28H26N2O3/c1-19-25(23-11-6-16-29-18-23)27(26(28(31)32)20(2)30-19)22-12-14-24(15-13-22)33-17-7-10-21-8-4-3-5-9-21/h3-16,18,27,30H,17H2,1-2H3,(H,31,32). The van der Waals surface area contributed by atoms with Crippen molar-refractivity contribution in [2.45, 2.75) is 19.8 Å². The summed E-state index contributed by atoms with van der Waals surface area (Å²) in [6, 6.07) is 21.5. The number of pyridine rings is 1. The summed E-state index contributed by atoms with van der Waals surface area (Å²) < 4.78 is 5.85. The highest BCUT2D eigenvalue weighted by Gasteiger charge is 2.33. The zero-order valence-corrected chi connectivity index (χ0v) is 18.7. The average molecular weight is 439 g/mol. The maximum absolute atomic E-state index is 12.2. The molecule has 0 saturated heterocycles. The number of nitrogens with one attached hydrogen (secondary N) is 1. The van der Waals surface area contributed by atoms with Gasteiger partial charge in [-0.25, -0.2) is 4.79 Å². The summed E-state index contributed by atoms with van der Waals surface area (Å²) in [7, 11) is 0. The molecule has 0 radical (unpaired) electrons. The molecule has 5 heteroatoms. The zero-order chi connectivity index (χ0) is 23.2. The van der Waals surface area contributed by atoms with Crippen LogP contribution in [0.15, 0.2) is 102 Å². The van der Waals surface area contributed by atoms with E-state index in [1.165, 1.54) is 0 Å². The zero-order valence-electron chi connectivity index (χ0n) is 18.7. The Balaban J connectivity index is 1.58. The van der Waals surface area contributed by atoms with Crippen LogP contribution in [0.3, 0.4) is 0 Å². The molecule has 2 aromatic carbocycles. The number of carboxylic acid groups (broad SMARTS) is 1. The number of hydrogen-bond acceptors (Lipinski definition) is 4. The summed E-state index contributed by atoms with van der Waals surface area (Å²) >= 11 is 0. The van der Waals surface area contributed by atoms with Crippen molar-refractivity contribution in [3.8, 4) is 5.75 Å². The number of rotatable bonds is 7. The van der Waals surface area contributed by atoms with Crippen molar-refractivity contribution in [1.29, 1.82) is 0 Å². The molecule has 4 rings (SSSR count). The number of allylic oxidation sites excluding steroid dienone is 3. The molecule has 33 heavy (non-hydrogen) atoms. The molecule has 1 atom stereocenters. The van der Waals surface area contributed by atoms with Gasteiger partial charge in [0.15, 0.2) is 0 Å². The minimum Gasteiger partial charge on any atom is -0.490 e. The Bertz CT molecular complexity index is 1210. The Hall–Kier alpha value is -4.12. The minimum absolute atomic E-state index is 0.332. The van der Waals surface area contributed by atoms with E-state index in [1.807, 2.05) is 85.8 Å². The molecular formula is C28H26N2O3. The molecule has 5 nitrogen and oxygen atoms in total. The quantitative estimate of drug-likeness (QED) is 0.499. The second kappa shape index (κ2) is 10.0. The monoisotopic (exact) mass is 438 g/mol.